The van der Waals surface area contributed by atoms with Gasteiger partial charge in [0, 0.05) is 24.7 Å². The van der Waals surface area contributed by atoms with E-state index in [1.54, 1.807) is 0 Å². The summed E-state index contributed by atoms with van der Waals surface area (Å²) in [5.74, 6) is 0.823. The largest absolute Gasteiger partial charge is 0.374 e. The van der Waals surface area contributed by atoms with Gasteiger partial charge in [-0.25, -0.2) is 0 Å². The van der Waals surface area contributed by atoms with Crippen LogP contribution in [0, 0.1) is 18.3 Å². The van der Waals surface area contributed by atoms with Gasteiger partial charge in [0.25, 0.3) is 0 Å². The Morgan fingerprint density at radius 2 is 2.00 bits per heavy atom. The second-order valence-electron chi connectivity index (χ2n) is 6.60. The summed E-state index contributed by atoms with van der Waals surface area (Å²) < 4.78 is 0. The fourth-order valence-corrected chi connectivity index (χ4v) is 3.56. The highest BCUT2D eigenvalue weighted by molar-refractivity contribution is 5.47. The number of benzene rings is 1. The second kappa shape index (κ2) is 5.96. The van der Waals surface area contributed by atoms with Gasteiger partial charge in [0.15, 0.2) is 0 Å². The molecule has 106 valence electrons. The highest BCUT2D eigenvalue weighted by atomic mass is 15.1. The van der Waals surface area contributed by atoms with E-state index in [2.05, 4.69) is 50.1 Å². The molecule has 1 aromatic rings. The Bertz CT molecular complexity index is 398. The number of aryl methyl sites for hydroxylation is 1. The maximum Gasteiger partial charge on any atom is 0.0363 e. The van der Waals surface area contributed by atoms with E-state index < -0.39 is 0 Å². The summed E-state index contributed by atoms with van der Waals surface area (Å²) in [7, 11) is 2.20. The molecule has 0 heterocycles. The summed E-state index contributed by atoms with van der Waals surface area (Å²) in [5, 5.41) is 0. The second-order valence-corrected chi connectivity index (χ2v) is 6.60. The van der Waals surface area contributed by atoms with E-state index in [1.165, 1.54) is 36.9 Å². The summed E-state index contributed by atoms with van der Waals surface area (Å²) in [6.07, 6.45) is 5.26. The Labute approximate surface area is 118 Å². The van der Waals surface area contributed by atoms with Gasteiger partial charge in [0.1, 0.15) is 0 Å². The molecule has 0 saturated heterocycles. The first-order valence-electron chi connectivity index (χ1n) is 7.52. The quantitative estimate of drug-likeness (QED) is 0.896. The van der Waals surface area contributed by atoms with E-state index in [1.807, 2.05) is 0 Å². The highest BCUT2D eigenvalue weighted by Crippen LogP contribution is 2.39. The predicted octanol–water partition coefficient (Wildman–Crippen LogP) is 3.59. The molecule has 0 amide bonds. The van der Waals surface area contributed by atoms with Crippen molar-refractivity contribution in [1.29, 1.82) is 0 Å². The zero-order chi connectivity index (χ0) is 13.9. The van der Waals surface area contributed by atoms with Crippen molar-refractivity contribution in [3.05, 3.63) is 29.8 Å². The molecule has 2 heteroatoms. The maximum atomic E-state index is 6.12. The Morgan fingerprint density at radius 1 is 1.32 bits per heavy atom. The molecule has 0 aliphatic heterocycles. The molecule has 2 nitrogen and oxygen atoms in total. The molecule has 1 saturated carbocycles. The van der Waals surface area contributed by atoms with Crippen molar-refractivity contribution in [3.63, 3.8) is 0 Å². The average Bonchev–Trinajstić information content (AvgIpc) is 2.39. The van der Waals surface area contributed by atoms with Crippen LogP contribution >= 0.6 is 0 Å². The van der Waals surface area contributed by atoms with Gasteiger partial charge in [-0.05, 0) is 44.4 Å². The van der Waals surface area contributed by atoms with Crippen LogP contribution in [0.2, 0.25) is 0 Å². The molecule has 2 atom stereocenters. The van der Waals surface area contributed by atoms with Gasteiger partial charge in [-0.2, -0.15) is 0 Å². The fourth-order valence-electron chi connectivity index (χ4n) is 3.56. The third kappa shape index (κ3) is 3.50. The van der Waals surface area contributed by atoms with E-state index in [4.69, 9.17) is 5.73 Å². The summed E-state index contributed by atoms with van der Waals surface area (Å²) in [6.45, 7) is 6.40. The smallest absolute Gasteiger partial charge is 0.0363 e. The molecule has 0 spiro atoms. The molecular formula is C17H28N2. The molecule has 1 aliphatic rings. The summed E-state index contributed by atoms with van der Waals surface area (Å²) in [5.41, 5.74) is 9.06. The Balaban J connectivity index is 2.07. The summed E-state index contributed by atoms with van der Waals surface area (Å²) in [4.78, 5) is 2.38. The lowest BCUT2D eigenvalue weighted by Crippen LogP contribution is -2.44. The minimum absolute atomic E-state index is 0.317. The molecule has 0 aromatic heterocycles. The summed E-state index contributed by atoms with van der Waals surface area (Å²) >= 11 is 0. The van der Waals surface area contributed by atoms with Crippen LogP contribution in [0.3, 0.4) is 0 Å². The molecule has 2 rings (SSSR count). The van der Waals surface area contributed by atoms with Gasteiger partial charge < -0.3 is 10.6 Å². The number of hydrogen-bond donors (Lipinski definition) is 1. The van der Waals surface area contributed by atoms with Gasteiger partial charge in [0.05, 0.1) is 0 Å². The van der Waals surface area contributed by atoms with Crippen molar-refractivity contribution >= 4 is 5.69 Å². The van der Waals surface area contributed by atoms with Crippen molar-refractivity contribution in [2.75, 3.05) is 25.0 Å². The highest BCUT2D eigenvalue weighted by Gasteiger charge is 2.34. The molecule has 1 aromatic carbocycles. The average molecular weight is 260 g/mol. The Morgan fingerprint density at radius 3 is 2.58 bits per heavy atom. The normalized spacial score (nSPS) is 27.3. The first-order chi connectivity index (χ1) is 9.04. The molecule has 2 N–H and O–H groups in total. The number of hydrogen-bond acceptors (Lipinski definition) is 2. The van der Waals surface area contributed by atoms with Crippen LogP contribution in [-0.4, -0.2) is 20.1 Å². The van der Waals surface area contributed by atoms with E-state index in [9.17, 15) is 0 Å². The van der Waals surface area contributed by atoms with Crippen LogP contribution < -0.4 is 10.6 Å². The van der Waals surface area contributed by atoms with Gasteiger partial charge in [-0.1, -0.05) is 37.5 Å². The first-order valence-corrected chi connectivity index (χ1v) is 7.52. The number of rotatable bonds is 4. The van der Waals surface area contributed by atoms with Crippen molar-refractivity contribution in [3.8, 4) is 0 Å². The molecule has 2 unspecified atom stereocenters. The lowest BCUT2D eigenvalue weighted by Gasteiger charge is -2.42. The van der Waals surface area contributed by atoms with Crippen LogP contribution in [0.5, 0.6) is 0 Å². The number of nitrogens with two attached hydrogens (primary N) is 1. The van der Waals surface area contributed by atoms with Gasteiger partial charge in [0.2, 0.25) is 0 Å². The predicted molar refractivity (Wildman–Crippen MR) is 83.6 cm³/mol. The topological polar surface area (TPSA) is 29.3 Å². The van der Waals surface area contributed by atoms with Crippen molar-refractivity contribution < 1.29 is 0 Å². The monoisotopic (exact) mass is 260 g/mol. The Hall–Kier alpha value is -1.02. The maximum absolute atomic E-state index is 6.12. The van der Waals surface area contributed by atoms with E-state index in [-0.39, 0.29) is 0 Å². The van der Waals surface area contributed by atoms with E-state index >= 15 is 0 Å². The minimum atomic E-state index is 0.317. The van der Waals surface area contributed by atoms with Crippen LogP contribution in [0.1, 0.15) is 38.2 Å². The standard InChI is InChI=1S/C17H28N2/c1-14-6-8-16(9-7-14)19(3)13-17(12-18)10-4-5-15(2)11-17/h6-9,15H,4-5,10-13,18H2,1-3H3. The van der Waals surface area contributed by atoms with Crippen molar-refractivity contribution in [1.82, 2.24) is 0 Å². The van der Waals surface area contributed by atoms with E-state index in [0.29, 0.717) is 5.41 Å². The third-order valence-electron chi connectivity index (χ3n) is 4.67. The first kappa shape index (κ1) is 14.4. The molecule has 1 aliphatic carbocycles. The SMILES string of the molecule is Cc1ccc(N(C)CC2(CN)CCCC(C)C2)cc1. The Kier molecular flexibility index (Phi) is 4.51. The van der Waals surface area contributed by atoms with Crippen molar-refractivity contribution in [2.45, 2.75) is 39.5 Å². The van der Waals surface area contributed by atoms with Crippen molar-refractivity contribution in [2.24, 2.45) is 17.1 Å². The number of anilines is 1. The zero-order valence-electron chi connectivity index (χ0n) is 12.7. The molecule has 19 heavy (non-hydrogen) atoms. The molecule has 1 fully saturated rings. The lowest BCUT2D eigenvalue weighted by atomic mass is 9.70. The van der Waals surface area contributed by atoms with Crippen LogP contribution in [-0.2, 0) is 0 Å². The summed E-state index contributed by atoms with van der Waals surface area (Å²) in [6, 6.07) is 8.80. The lowest BCUT2D eigenvalue weighted by molar-refractivity contribution is 0.161. The minimum Gasteiger partial charge on any atom is -0.374 e. The number of nitrogens with zero attached hydrogens (tertiary/aromatic N) is 1. The van der Waals surface area contributed by atoms with Crippen LogP contribution in [0.15, 0.2) is 24.3 Å². The third-order valence-corrected chi connectivity index (χ3v) is 4.67. The fraction of sp³-hybridized carbons (Fsp3) is 0.647. The van der Waals surface area contributed by atoms with Gasteiger partial charge in [-0.3, -0.25) is 0 Å². The van der Waals surface area contributed by atoms with Gasteiger partial charge >= 0.3 is 0 Å². The molecule has 0 bridgehead atoms. The van der Waals surface area contributed by atoms with E-state index in [0.717, 1.165) is 19.0 Å². The van der Waals surface area contributed by atoms with Crippen LogP contribution in [0.4, 0.5) is 5.69 Å². The zero-order valence-corrected chi connectivity index (χ0v) is 12.7. The van der Waals surface area contributed by atoms with Crippen LogP contribution in [0.25, 0.3) is 0 Å². The van der Waals surface area contributed by atoms with Gasteiger partial charge in [-0.15, -0.1) is 0 Å². The molecule has 0 radical (unpaired) electrons. The molecular weight excluding hydrogens is 232 g/mol.